The molecule has 1 aliphatic rings. The van der Waals surface area contributed by atoms with E-state index in [-0.39, 0.29) is 36.1 Å². The number of ether oxygens (including phenoxy) is 3. The normalized spacial score (nSPS) is 13.3. The highest BCUT2D eigenvalue weighted by atomic mass is 19.1. The second-order valence-corrected chi connectivity index (χ2v) is 11.3. The summed E-state index contributed by atoms with van der Waals surface area (Å²) in [6, 6.07) is 24.9. The Hall–Kier alpha value is -4.72. The van der Waals surface area contributed by atoms with Gasteiger partial charge in [0.1, 0.15) is 30.4 Å². The van der Waals surface area contributed by atoms with E-state index >= 15 is 8.78 Å². The molecule has 0 fully saturated rings. The van der Waals surface area contributed by atoms with Crippen molar-refractivity contribution in [3.8, 4) is 22.9 Å². The van der Waals surface area contributed by atoms with Crippen molar-refractivity contribution in [1.82, 2.24) is 9.88 Å². The van der Waals surface area contributed by atoms with Crippen LogP contribution in [0, 0.1) is 11.6 Å². The topological polar surface area (TPSA) is 60.9 Å². The molecule has 1 aromatic heterocycles. The molecule has 0 spiro atoms. The number of pyridine rings is 1. The molecule has 1 aliphatic heterocycles. The van der Waals surface area contributed by atoms with E-state index in [1.165, 1.54) is 12.1 Å². The minimum atomic E-state index is -0.741. The summed E-state index contributed by atoms with van der Waals surface area (Å²) in [5.41, 5.74) is 2.36. The molecule has 0 radical (unpaired) electrons. The standard InChI is InChI=1S/C35H34F2N2O4/c1-35(2,3)43-34(40)39-18-16-26(17-19-39)27-20-29(36)32(30(37)21-27)28-14-15-31(41-22-24-10-6-4-7-11-24)38-33(28)42-23-25-12-8-5-9-13-25/h4-16,20-21H,17-19,22-23H2,1-3H3. The molecule has 4 aromatic rings. The van der Waals surface area contributed by atoms with E-state index in [0.717, 1.165) is 16.7 Å². The molecule has 0 atom stereocenters. The summed E-state index contributed by atoms with van der Waals surface area (Å²) in [5, 5.41) is 0. The highest BCUT2D eigenvalue weighted by Crippen LogP contribution is 2.37. The summed E-state index contributed by atoms with van der Waals surface area (Å²) in [6.07, 6.45) is 1.83. The van der Waals surface area contributed by atoms with Gasteiger partial charge in [-0.05, 0) is 67.7 Å². The molecule has 0 aliphatic carbocycles. The van der Waals surface area contributed by atoms with Crippen molar-refractivity contribution in [2.45, 2.75) is 46.0 Å². The number of amides is 1. The molecule has 0 bridgehead atoms. The number of hydrogen-bond acceptors (Lipinski definition) is 5. The molecule has 0 unspecified atom stereocenters. The highest BCUT2D eigenvalue weighted by Gasteiger charge is 2.25. The average molecular weight is 585 g/mol. The van der Waals surface area contributed by atoms with Crippen LogP contribution in [0.25, 0.3) is 16.7 Å². The van der Waals surface area contributed by atoms with Gasteiger partial charge < -0.3 is 19.1 Å². The van der Waals surface area contributed by atoms with E-state index in [1.54, 1.807) is 23.1 Å². The molecular formula is C35H34F2N2O4. The van der Waals surface area contributed by atoms with E-state index in [9.17, 15) is 4.79 Å². The lowest BCUT2D eigenvalue weighted by atomic mass is 9.96. The molecule has 2 heterocycles. The van der Waals surface area contributed by atoms with Crippen molar-refractivity contribution < 1.29 is 27.8 Å². The fourth-order valence-electron chi connectivity index (χ4n) is 4.70. The maximum Gasteiger partial charge on any atom is 0.410 e. The monoisotopic (exact) mass is 584 g/mol. The Morgan fingerprint density at radius 1 is 0.860 bits per heavy atom. The first-order chi connectivity index (χ1) is 20.7. The molecule has 8 heteroatoms. The second kappa shape index (κ2) is 13.1. The van der Waals surface area contributed by atoms with Crippen LogP contribution < -0.4 is 9.47 Å². The molecule has 222 valence electrons. The number of aromatic nitrogens is 1. The minimum Gasteiger partial charge on any atom is -0.473 e. The van der Waals surface area contributed by atoms with Gasteiger partial charge in [-0.15, -0.1) is 0 Å². The molecule has 43 heavy (non-hydrogen) atoms. The number of nitrogens with zero attached hydrogens (tertiary/aromatic N) is 2. The van der Waals surface area contributed by atoms with E-state index < -0.39 is 23.3 Å². The lowest BCUT2D eigenvalue weighted by Crippen LogP contribution is -2.39. The predicted octanol–water partition coefficient (Wildman–Crippen LogP) is 8.21. The van der Waals surface area contributed by atoms with Gasteiger partial charge in [0.05, 0.1) is 11.1 Å². The van der Waals surface area contributed by atoms with Crippen LogP contribution in [0.3, 0.4) is 0 Å². The van der Waals surface area contributed by atoms with Crippen molar-refractivity contribution in [2.24, 2.45) is 0 Å². The second-order valence-electron chi connectivity index (χ2n) is 11.3. The van der Waals surface area contributed by atoms with Gasteiger partial charge in [0.15, 0.2) is 0 Å². The number of rotatable bonds is 8. The number of benzene rings is 3. The molecular weight excluding hydrogens is 550 g/mol. The molecule has 6 nitrogen and oxygen atoms in total. The lowest BCUT2D eigenvalue weighted by molar-refractivity contribution is 0.0270. The predicted molar refractivity (Wildman–Crippen MR) is 162 cm³/mol. The maximum atomic E-state index is 15.7. The first-order valence-corrected chi connectivity index (χ1v) is 14.2. The Morgan fingerprint density at radius 2 is 1.47 bits per heavy atom. The Kier molecular flexibility index (Phi) is 9.04. The van der Waals surface area contributed by atoms with E-state index in [0.29, 0.717) is 25.1 Å². The van der Waals surface area contributed by atoms with Crippen molar-refractivity contribution >= 4 is 11.7 Å². The van der Waals surface area contributed by atoms with E-state index in [4.69, 9.17) is 14.2 Å². The average Bonchev–Trinajstić information content (AvgIpc) is 2.99. The fraction of sp³-hybridized carbons (Fsp3) is 0.257. The highest BCUT2D eigenvalue weighted by molar-refractivity contribution is 5.76. The molecule has 0 N–H and O–H groups in total. The van der Waals surface area contributed by atoms with Crippen molar-refractivity contribution in [3.63, 3.8) is 0 Å². The van der Waals surface area contributed by atoms with Crippen molar-refractivity contribution in [1.29, 1.82) is 0 Å². The van der Waals surface area contributed by atoms with E-state index in [1.807, 2.05) is 81.4 Å². The van der Waals surface area contributed by atoms with Gasteiger partial charge in [-0.2, -0.15) is 4.98 Å². The van der Waals surface area contributed by atoms with Crippen LogP contribution in [0.4, 0.5) is 13.6 Å². The van der Waals surface area contributed by atoms with E-state index in [2.05, 4.69) is 4.98 Å². The van der Waals surface area contributed by atoms with Crippen LogP contribution >= 0.6 is 0 Å². The van der Waals surface area contributed by atoms with Crippen LogP contribution in [0.5, 0.6) is 11.8 Å². The fourth-order valence-corrected chi connectivity index (χ4v) is 4.70. The molecule has 0 saturated heterocycles. The molecule has 1 amide bonds. The summed E-state index contributed by atoms with van der Waals surface area (Å²) in [5.74, 6) is -1.15. The summed E-state index contributed by atoms with van der Waals surface area (Å²) in [7, 11) is 0. The summed E-state index contributed by atoms with van der Waals surface area (Å²) in [4.78, 5) is 18.5. The number of carbonyl (C=O) groups excluding carboxylic acids is 1. The molecule has 3 aromatic carbocycles. The Balaban J connectivity index is 1.40. The summed E-state index contributed by atoms with van der Waals surface area (Å²) >= 11 is 0. The van der Waals surface area contributed by atoms with Crippen molar-refractivity contribution in [3.05, 3.63) is 119 Å². The van der Waals surface area contributed by atoms with Crippen LogP contribution in [0.15, 0.2) is 91.0 Å². The van der Waals surface area contributed by atoms with Crippen LogP contribution in [0.2, 0.25) is 0 Å². The maximum absolute atomic E-state index is 15.7. The largest absolute Gasteiger partial charge is 0.473 e. The zero-order chi connectivity index (χ0) is 30.4. The SMILES string of the molecule is CC(C)(C)OC(=O)N1CC=C(c2cc(F)c(-c3ccc(OCc4ccccc4)nc3OCc3ccccc3)c(F)c2)CC1. The first-order valence-electron chi connectivity index (χ1n) is 14.2. The third-order valence-electron chi connectivity index (χ3n) is 6.83. The Bertz CT molecular complexity index is 1580. The zero-order valence-electron chi connectivity index (χ0n) is 24.5. The Labute approximate surface area is 250 Å². The van der Waals surface area contributed by atoms with Crippen LogP contribution in [-0.4, -0.2) is 34.7 Å². The van der Waals surface area contributed by atoms with Gasteiger partial charge >= 0.3 is 6.09 Å². The first kappa shape index (κ1) is 29.8. The number of halogens is 2. The smallest absolute Gasteiger partial charge is 0.410 e. The Morgan fingerprint density at radius 3 is 2.02 bits per heavy atom. The third kappa shape index (κ3) is 7.77. The minimum absolute atomic E-state index is 0.0600. The number of carbonyl (C=O) groups is 1. The summed E-state index contributed by atoms with van der Waals surface area (Å²) < 4.78 is 48.7. The quantitative estimate of drug-likeness (QED) is 0.209. The molecule has 5 rings (SSSR count). The summed E-state index contributed by atoms with van der Waals surface area (Å²) in [6.45, 7) is 6.54. The van der Waals surface area contributed by atoms with Crippen LogP contribution in [-0.2, 0) is 18.0 Å². The van der Waals surface area contributed by atoms with Crippen LogP contribution in [0.1, 0.15) is 43.9 Å². The van der Waals surface area contributed by atoms with Gasteiger partial charge in [-0.3, -0.25) is 0 Å². The van der Waals surface area contributed by atoms with Gasteiger partial charge in [0, 0.05) is 19.2 Å². The van der Waals surface area contributed by atoms with Crippen molar-refractivity contribution in [2.75, 3.05) is 13.1 Å². The third-order valence-corrected chi connectivity index (χ3v) is 6.83. The van der Waals surface area contributed by atoms with Gasteiger partial charge in [-0.25, -0.2) is 13.6 Å². The number of hydrogen-bond donors (Lipinski definition) is 0. The van der Waals surface area contributed by atoms with Gasteiger partial charge in [0.2, 0.25) is 11.8 Å². The van der Waals surface area contributed by atoms with Gasteiger partial charge in [0.25, 0.3) is 0 Å². The molecule has 0 saturated carbocycles. The lowest BCUT2D eigenvalue weighted by Gasteiger charge is -2.29. The van der Waals surface area contributed by atoms with Gasteiger partial charge in [-0.1, -0.05) is 66.7 Å². The zero-order valence-corrected chi connectivity index (χ0v) is 24.5.